The van der Waals surface area contributed by atoms with Crippen molar-refractivity contribution in [1.29, 1.82) is 0 Å². The van der Waals surface area contributed by atoms with Crippen molar-refractivity contribution in [2.24, 2.45) is 5.92 Å². The second-order valence-electron chi connectivity index (χ2n) is 5.98. The highest BCUT2D eigenvalue weighted by Gasteiger charge is 2.35. The standard InChI is InChI=1S/C16H21BrN2O/c17-15-9-8-13(11-18-15)16(20)19-10-4-7-14(19)12-5-2-1-3-6-12/h8-9,11-12,14H,1-7,10H2. The highest BCUT2D eigenvalue weighted by Crippen LogP contribution is 2.34. The van der Waals surface area contributed by atoms with Gasteiger partial charge in [0.1, 0.15) is 4.60 Å². The minimum absolute atomic E-state index is 0.165. The first-order chi connectivity index (χ1) is 9.75. The van der Waals surface area contributed by atoms with Gasteiger partial charge in [0.25, 0.3) is 5.91 Å². The van der Waals surface area contributed by atoms with E-state index in [1.54, 1.807) is 6.20 Å². The van der Waals surface area contributed by atoms with Gasteiger partial charge in [-0.25, -0.2) is 4.98 Å². The number of rotatable bonds is 2. The number of halogens is 1. The number of amides is 1. The number of carbonyl (C=O) groups is 1. The molecule has 2 fully saturated rings. The minimum Gasteiger partial charge on any atom is -0.335 e. The molecule has 0 bridgehead atoms. The summed E-state index contributed by atoms with van der Waals surface area (Å²) >= 11 is 3.32. The van der Waals surface area contributed by atoms with Crippen molar-refractivity contribution in [2.45, 2.75) is 51.0 Å². The third-order valence-corrected chi connectivity index (χ3v) is 5.20. The van der Waals surface area contributed by atoms with Crippen LogP contribution in [0.25, 0.3) is 0 Å². The van der Waals surface area contributed by atoms with Crippen LogP contribution >= 0.6 is 15.9 Å². The van der Waals surface area contributed by atoms with Crippen LogP contribution in [0.2, 0.25) is 0 Å². The van der Waals surface area contributed by atoms with E-state index in [0.717, 1.165) is 29.1 Å². The average molecular weight is 337 g/mol. The number of nitrogens with zero attached hydrogens (tertiary/aromatic N) is 2. The van der Waals surface area contributed by atoms with E-state index in [0.29, 0.717) is 6.04 Å². The fraction of sp³-hybridized carbons (Fsp3) is 0.625. The summed E-state index contributed by atoms with van der Waals surface area (Å²) in [6.07, 6.45) is 10.7. The van der Waals surface area contributed by atoms with Crippen molar-refractivity contribution >= 4 is 21.8 Å². The monoisotopic (exact) mass is 336 g/mol. The summed E-state index contributed by atoms with van der Waals surface area (Å²) in [7, 11) is 0. The van der Waals surface area contributed by atoms with Crippen LogP contribution in [0.4, 0.5) is 0 Å². The number of likely N-dealkylation sites (tertiary alicyclic amines) is 1. The SMILES string of the molecule is O=C(c1ccc(Br)nc1)N1CCCC1C1CCCCC1. The molecule has 1 saturated heterocycles. The maximum Gasteiger partial charge on any atom is 0.255 e. The van der Waals surface area contributed by atoms with Crippen molar-refractivity contribution in [2.75, 3.05) is 6.54 Å². The van der Waals surface area contributed by atoms with E-state index in [1.807, 2.05) is 12.1 Å². The van der Waals surface area contributed by atoms with Crippen LogP contribution < -0.4 is 0 Å². The molecule has 1 unspecified atom stereocenters. The second-order valence-corrected chi connectivity index (χ2v) is 6.79. The second kappa shape index (κ2) is 6.25. The molecule has 1 aromatic rings. The van der Waals surface area contributed by atoms with Crippen LogP contribution in [0.5, 0.6) is 0 Å². The zero-order valence-corrected chi connectivity index (χ0v) is 13.3. The Morgan fingerprint density at radius 3 is 2.65 bits per heavy atom. The van der Waals surface area contributed by atoms with E-state index >= 15 is 0 Å². The maximum absolute atomic E-state index is 12.7. The first-order valence-electron chi connectivity index (χ1n) is 7.68. The molecule has 0 aromatic carbocycles. The van der Waals surface area contributed by atoms with Crippen LogP contribution in [0.3, 0.4) is 0 Å². The zero-order valence-electron chi connectivity index (χ0n) is 11.7. The van der Waals surface area contributed by atoms with Gasteiger partial charge in [0.15, 0.2) is 0 Å². The molecule has 1 amide bonds. The van der Waals surface area contributed by atoms with Crippen molar-refractivity contribution in [3.05, 3.63) is 28.5 Å². The molecule has 3 nitrogen and oxygen atoms in total. The van der Waals surface area contributed by atoms with Crippen LogP contribution in [0.1, 0.15) is 55.3 Å². The fourth-order valence-corrected chi connectivity index (χ4v) is 3.96. The minimum atomic E-state index is 0.165. The van der Waals surface area contributed by atoms with Gasteiger partial charge in [0, 0.05) is 18.8 Å². The fourth-order valence-electron chi connectivity index (χ4n) is 3.72. The van der Waals surface area contributed by atoms with Crippen LogP contribution in [0.15, 0.2) is 22.9 Å². The third kappa shape index (κ3) is 2.90. The molecule has 1 aromatic heterocycles. The molecule has 2 heterocycles. The van der Waals surface area contributed by atoms with Crippen molar-refractivity contribution in [3.8, 4) is 0 Å². The molecule has 1 atom stereocenters. The number of pyridine rings is 1. The summed E-state index contributed by atoms with van der Waals surface area (Å²) in [5.74, 6) is 0.886. The topological polar surface area (TPSA) is 33.2 Å². The Morgan fingerprint density at radius 2 is 1.95 bits per heavy atom. The van der Waals surface area contributed by atoms with Crippen LogP contribution in [0, 0.1) is 5.92 Å². The van der Waals surface area contributed by atoms with Gasteiger partial charge in [-0.1, -0.05) is 19.3 Å². The number of carbonyl (C=O) groups excluding carboxylic acids is 1. The van der Waals surface area contributed by atoms with Gasteiger partial charge in [0.05, 0.1) is 5.56 Å². The lowest BCUT2D eigenvalue weighted by molar-refractivity contribution is 0.0661. The Kier molecular flexibility index (Phi) is 4.39. The van der Waals surface area contributed by atoms with E-state index in [1.165, 1.54) is 38.5 Å². The third-order valence-electron chi connectivity index (χ3n) is 4.73. The Bertz CT molecular complexity index is 468. The molecule has 0 N–H and O–H groups in total. The molecule has 1 aliphatic heterocycles. The first-order valence-corrected chi connectivity index (χ1v) is 8.47. The van der Waals surface area contributed by atoms with Gasteiger partial charge in [-0.15, -0.1) is 0 Å². The van der Waals surface area contributed by atoms with Crippen LogP contribution in [-0.2, 0) is 0 Å². The smallest absolute Gasteiger partial charge is 0.255 e. The molecule has 20 heavy (non-hydrogen) atoms. The zero-order chi connectivity index (χ0) is 13.9. The predicted octanol–water partition coefficient (Wildman–Crippen LogP) is 4.03. The Labute approximate surface area is 128 Å². The number of aromatic nitrogens is 1. The molecule has 0 spiro atoms. The van der Waals surface area contributed by atoms with Gasteiger partial charge in [0.2, 0.25) is 0 Å². The molecule has 4 heteroatoms. The van der Waals surface area contributed by atoms with E-state index in [-0.39, 0.29) is 5.91 Å². The Hall–Kier alpha value is -0.900. The molecule has 1 saturated carbocycles. The molecule has 0 radical (unpaired) electrons. The van der Waals surface area contributed by atoms with E-state index in [9.17, 15) is 4.79 Å². The number of hydrogen-bond acceptors (Lipinski definition) is 2. The summed E-state index contributed by atoms with van der Waals surface area (Å²) in [6, 6.07) is 4.18. The average Bonchev–Trinajstić information content (AvgIpc) is 2.97. The Morgan fingerprint density at radius 1 is 1.15 bits per heavy atom. The molecule has 108 valence electrons. The van der Waals surface area contributed by atoms with Gasteiger partial charge in [-0.05, 0) is 59.7 Å². The lowest BCUT2D eigenvalue weighted by Gasteiger charge is -2.34. The predicted molar refractivity (Wildman–Crippen MR) is 82.6 cm³/mol. The lowest BCUT2D eigenvalue weighted by atomic mass is 9.83. The van der Waals surface area contributed by atoms with Gasteiger partial charge in [-0.3, -0.25) is 4.79 Å². The highest BCUT2D eigenvalue weighted by molar-refractivity contribution is 9.10. The van der Waals surface area contributed by atoms with E-state index in [2.05, 4.69) is 25.8 Å². The van der Waals surface area contributed by atoms with Crippen molar-refractivity contribution in [1.82, 2.24) is 9.88 Å². The van der Waals surface area contributed by atoms with Gasteiger partial charge >= 0.3 is 0 Å². The van der Waals surface area contributed by atoms with E-state index in [4.69, 9.17) is 0 Å². The molecule has 1 aliphatic carbocycles. The summed E-state index contributed by atoms with van der Waals surface area (Å²) in [6.45, 7) is 0.913. The Balaban J connectivity index is 1.74. The number of hydrogen-bond donors (Lipinski definition) is 0. The van der Waals surface area contributed by atoms with Crippen LogP contribution in [-0.4, -0.2) is 28.4 Å². The van der Waals surface area contributed by atoms with Gasteiger partial charge in [-0.2, -0.15) is 0 Å². The van der Waals surface area contributed by atoms with Crippen molar-refractivity contribution < 1.29 is 4.79 Å². The highest BCUT2D eigenvalue weighted by atomic mass is 79.9. The van der Waals surface area contributed by atoms with Crippen molar-refractivity contribution in [3.63, 3.8) is 0 Å². The van der Waals surface area contributed by atoms with Gasteiger partial charge < -0.3 is 4.90 Å². The summed E-state index contributed by atoms with van der Waals surface area (Å²) < 4.78 is 0.777. The molecule has 3 rings (SSSR count). The molecular formula is C16H21BrN2O. The molecule has 2 aliphatic rings. The van der Waals surface area contributed by atoms with E-state index < -0.39 is 0 Å². The molecular weight excluding hydrogens is 316 g/mol. The summed E-state index contributed by atoms with van der Waals surface area (Å²) in [5, 5.41) is 0. The first kappa shape index (κ1) is 14.1. The lowest BCUT2D eigenvalue weighted by Crippen LogP contribution is -2.40. The quantitative estimate of drug-likeness (QED) is 0.764. The largest absolute Gasteiger partial charge is 0.335 e. The summed E-state index contributed by atoms with van der Waals surface area (Å²) in [5.41, 5.74) is 0.718. The summed E-state index contributed by atoms with van der Waals surface area (Å²) in [4.78, 5) is 19.0. The normalized spacial score (nSPS) is 24.1. The maximum atomic E-state index is 12.7.